The Morgan fingerprint density at radius 1 is 1.19 bits per heavy atom. The van der Waals surface area contributed by atoms with Crippen LogP contribution in [0.2, 0.25) is 0 Å². The monoisotopic (exact) mass is 365 g/mol. The highest BCUT2D eigenvalue weighted by Gasteiger charge is 2.30. The van der Waals surface area contributed by atoms with Crippen LogP contribution in [0.25, 0.3) is 11.3 Å². The van der Waals surface area contributed by atoms with Crippen LogP contribution < -0.4 is 5.32 Å². The smallest absolute Gasteiger partial charge is 0.255 e. The molecule has 3 aromatic rings. The average Bonchev–Trinajstić information content (AvgIpc) is 3.37. The van der Waals surface area contributed by atoms with Crippen molar-refractivity contribution in [2.45, 2.75) is 12.5 Å². The van der Waals surface area contributed by atoms with Gasteiger partial charge in [0, 0.05) is 24.6 Å². The summed E-state index contributed by atoms with van der Waals surface area (Å²) < 4.78 is 19.9. The Morgan fingerprint density at radius 2 is 1.96 bits per heavy atom. The van der Waals surface area contributed by atoms with Gasteiger partial charge in [0.1, 0.15) is 5.82 Å². The minimum absolute atomic E-state index is 0.0260. The van der Waals surface area contributed by atoms with Crippen molar-refractivity contribution in [3.05, 3.63) is 77.7 Å². The van der Waals surface area contributed by atoms with Gasteiger partial charge in [-0.2, -0.15) is 5.10 Å². The number of nitrogens with one attached hydrogen (secondary N) is 2. The highest BCUT2D eigenvalue weighted by Crippen LogP contribution is 2.34. The van der Waals surface area contributed by atoms with Gasteiger partial charge in [-0.15, -0.1) is 0 Å². The van der Waals surface area contributed by atoms with Crippen LogP contribution in [0.3, 0.4) is 0 Å². The molecular formula is C21H20FN3O2. The first-order valence-corrected chi connectivity index (χ1v) is 8.97. The number of aromatic nitrogens is 2. The molecule has 1 saturated heterocycles. The zero-order valence-corrected chi connectivity index (χ0v) is 14.7. The number of H-pyrrole nitrogens is 1. The van der Waals surface area contributed by atoms with Crippen LogP contribution in [-0.4, -0.2) is 29.3 Å². The predicted octanol–water partition coefficient (Wildman–Crippen LogP) is 3.72. The van der Waals surface area contributed by atoms with Crippen molar-refractivity contribution in [2.75, 3.05) is 13.2 Å². The summed E-state index contributed by atoms with van der Waals surface area (Å²) in [5.41, 5.74) is 2.15. The van der Waals surface area contributed by atoms with Gasteiger partial charge in [-0.3, -0.25) is 9.89 Å². The third-order valence-corrected chi connectivity index (χ3v) is 4.89. The number of carbonyl (C=O) groups excluding carboxylic acids is 1. The van der Waals surface area contributed by atoms with Crippen molar-refractivity contribution in [3.8, 4) is 11.3 Å². The van der Waals surface area contributed by atoms with Gasteiger partial charge in [0.25, 0.3) is 5.91 Å². The van der Waals surface area contributed by atoms with E-state index in [9.17, 15) is 9.18 Å². The van der Waals surface area contributed by atoms with Gasteiger partial charge in [0.15, 0.2) is 0 Å². The number of amides is 1. The molecule has 1 amide bonds. The fourth-order valence-corrected chi connectivity index (χ4v) is 3.50. The summed E-state index contributed by atoms with van der Waals surface area (Å²) in [7, 11) is 0. The molecule has 0 bridgehead atoms. The molecule has 2 aromatic carbocycles. The lowest BCUT2D eigenvalue weighted by Gasteiger charge is -2.19. The Labute approximate surface area is 156 Å². The van der Waals surface area contributed by atoms with Gasteiger partial charge in [0.2, 0.25) is 0 Å². The first kappa shape index (κ1) is 17.4. The van der Waals surface area contributed by atoms with Gasteiger partial charge < -0.3 is 10.1 Å². The predicted molar refractivity (Wildman–Crippen MR) is 99.6 cm³/mol. The van der Waals surface area contributed by atoms with Crippen LogP contribution in [0.15, 0.2) is 60.8 Å². The summed E-state index contributed by atoms with van der Waals surface area (Å²) >= 11 is 0. The summed E-state index contributed by atoms with van der Waals surface area (Å²) in [5, 5.41) is 9.61. The zero-order valence-electron chi connectivity index (χ0n) is 14.7. The summed E-state index contributed by atoms with van der Waals surface area (Å²) in [4.78, 5) is 12.7. The summed E-state index contributed by atoms with van der Waals surface area (Å²) in [6.45, 7) is 1.16. The number of hydrogen-bond donors (Lipinski definition) is 2. The second kappa shape index (κ2) is 7.72. The molecule has 1 aromatic heterocycles. The molecule has 0 radical (unpaired) electrons. The number of nitrogens with zero attached hydrogens (tertiary/aromatic N) is 1. The second-order valence-corrected chi connectivity index (χ2v) is 6.60. The van der Waals surface area contributed by atoms with Gasteiger partial charge in [-0.25, -0.2) is 4.39 Å². The summed E-state index contributed by atoms with van der Waals surface area (Å²) in [6.07, 6.45) is 2.28. The number of rotatable bonds is 5. The molecule has 0 aliphatic carbocycles. The van der Waals surface area contributed by atoms with Crippen molar-refractivity contribution < 1.29 is 13.9 Å². The average molecular weight is 365 g/mol. The highest BCUT2D eigenvalue weighted by atomic mass is 19.1. The minimum Gasteiger partial charge on any atom is -0.373 e. The number of ether oxygens (including phenoxy) is 1. The topological polar surface area (TPSA) is 67.0 Å². The molecule has 1 aliphatic rings. The quantitative estimate of drug-likeness (QED) is 0.724. The standard InChI is InChI=1S/C21H20FN3O2/c22-18-9-5-4-8-16(18)19-17(13-24-25-19)21(26)23-12-15-10-11-27-20(15)14-6-2-1-3-7-14/h1-9,13,15,20H,10-12H2,(H,23,26)(H,24,25)/t15-,20-/m0/s1. The Balaban J connectivity index is 1.46. The molecular weight excluding hydrogens is 345 g/mol. The highest BCUT2D eigenvalue weighted by molar-refractivity contribution is 5.99. The number of benzene rings is 2. The van der Waals surface area contributed by atoms with E-state index in [1.807, 2.05) is 30.3 Å². The first-order valence-electron chi connectivity index (χ1n) is 8.97. The number of aromatic amines is 1. The molecule has 27 heavy (non-hydrogen) atoms. The van der Waals surface area contributed by atoms with Crippen molar-refractivity contribution in [1.82, 2.24) is 15.5 Å². The van der Waals surface area contributed by atoms with Gasteiger partial charge in [0.05, 0.1) is 23.6 Å². The van der Waals surface area contributed by atoms with Crippen LogP contribution >= 0.6 is 0 Å². The third kappa shape index (κ3) is 3.61. The van der Waals surface area contributed by atoms with Gasteiger partial charge >= 0.3 is 0 Å². The van der Waals surface area contributed by atoms with E-state index in [1.54, 1.807) is 18.2 Å². The van der Waals surface area contributed by atoms with E-state index < -0.39 is 5.82 Å². The van der Waals surface area contributed by atoms with Crippen molar-refractivity contribution in [2.24, 2.45) is 5.92 Å². The lowest BCUT2D eigenvalue weighted by Crippen LogP contribution is -2.30. The van der Waals surface area contributed by atoms with Crippen molar-refractivity contribution >= 4 is 5.91 Å². The second-order valence-electron chi connectivity index (χ2n) is 6.60. The maximum Gasteiger partial charge on any atom is 0.255 e. The van der Waals surface area contributed by atoms with Crippen molar-refractivity contribution in [1.29, 1.82) is 0 Å². The fraction of sp³-hybridized carbons (Fsp3) is 0.238. The van der Waals surface area contributed by atoms with Gasteiger partial charge in [-0.1, -0.05) is 42.5 Å². The zero-order chi connectivity index (χ0) is 18.6. The lowest BCUT2D eigenvalue weighted by atomic mass is 9.95. The van der Waals surface area contributed by atoms with Crippen LogP contribution in [0.4, 0.5) is 4.39 Å². The largest absolute Gasteiger partial charge is 0.373 e. The summed E-state index contributed by atoms with van der Waals surface area (Å²) in [6, 6.07) is 16.3. The molecule has 6 heteroatoms. The van der Waals surface area contributed by atoms with E-state index in [4.69, 9.17) is 4.74 Å². The molecule has 0 spiro atoms. The first-order chi connectivity index (χ1) is 13.2. The third-order valence-electron chi connectivity index (χ3n) is 4.89. The Bertz CT molecular complexity index is 926. The molecule has 138 valence electrons. The molecule has 2 atom stereocenters. The molecule has 4 rings (SSSR count). The Kier molecular flexibility index (Phi) is 4.98. The number of halogens is 1. The number of hydrogen-bond acceptors (Lipinski definition) is 3. The number of carbonyl (C=O) groups is 1. The minimum atomic E-state index is -0.399. The van der Waals surface area contributed by atoms with Crippen molar-refractivity contribution in [3.63, 3.8) is 0 Å². The molecule has 0 saturated carbocycles. The molecule has 1 aliphatic heterocycles. The molecule has 2 N–H and O–H groups in total. The van der Waals surface area contributed by atoms with Gasteiger partial charge in [-0.05, 0) is 24.1 Å². The van der Waals surface area contributed by atoms with Crippen LogP contribution in [0.5, 0.6) is 0 Å². The molecule has 0 unspecified atom stereocenters. The van der Waals surface area contributed by atoms with E-state index >= 15 is 0 Å². The van der Waals surface area contributed by atoms with Crippen LogP contribution in [0, 0.1) is 11.7 Å². The van der Waals surface area contributed by atoms with Crippen LogP contribution in [0.1, 0.15) is 28.4 Å². The molecule has 5 nitrogen and oxygen atoms in total. The van der Waals surface area contributed by atoms with E-state index in [-0.39, 0.29) is 17.9 Å². The van der Waals surface area contributed by atoms with E-state index in [0.29, 0.717) is 30.0 Å². The molecule has 2 heterocycles. The fourth-order valence-electron chi connectivity index (χ4n) is 3.50. The maximum absolute atomic E-state index is 14.1. The lowest BCUT2D eigenvalue weighted by molar-refractivity contribution is 0.0846. The summed E-state index contributed by atoms with van der Waals surface area (Å²) in [5.74, 6) is -0.481. The molecule has 1 fully saturated rings. The van der Waals surface area contributed by atoms with E-state index in [0.717, 1.165) is 12.0 Å². The van der Waals surface area contributed by atoms with Crippen LogP contribution in [-0.2, 0) is 4.74 Å². The maximum atomic E-state index is 14.1. The Hall–Kier alpha value is -2.99. The van der Waals surface area contributed by atoms with E-state index in [2.05, 4.69) is 15.5 Å². The van der Waals surface area contributed by atoms with E-state index in [1.165, 1.54) is 12.3 Å². The SMILES string of the molecule is O=C(NC[C@@H]1CCO[C@H]1c1ccccc1)c1cn[nH]c1-c1ccccc1F. The Morgan fingerprint density at radius 3 is 2.78 bits per heavy atom. The normalized spacial score (nSPS) is 19.1.